The third-order valence-electron chi connectivity index (χ3n) is 5.97. The molecule has 0 amide bonds. The molecule has 5 heterocycles. The lowest BCUT2D eigenvalue weighted by molar-refractivity contribution is -0.118. The van der Waals surface area contributed by atoms with E-state index in [0.29, 0.717) is 47.2 Å². The van der Waals surface area contributed by atoms with Gasteiger partial charge in [-0.3, -0.25) is 14.8 Å². The molecule has 0 unspecified atom stereocenters. The molecule has 158 valence electrons. The fraction of sp³-hybridized carbons (Fsp3) is 0.250. The van der Waals surface area contributed by atoms with Gasteiger partial charge in [0.05, 0.1) is 11.5 Å². The number of nitrogens with zero attached hydrogens (tertiary/aromatic N) is 6. The van der Waals surface area contributed by atoms with Crippen molar-refractivity contribution in [3.05, 3.63) is 77.7 Å². The summed E-state index contributed by atoms with van der Waals surface area (Å²) >= 11 is 0. The first kappa shape index (κ1) is 18.8. The van der Waals surface area contributed by atoms with E-state index in [1.165, 1.54) is 0 Å². The molecule has 1 aliphatic carbocycles. The highest BCUT2D eigenvalue weighted by Gasteiger charge is 2.44. The molecule has 0 saturated carbocycles. The van der Waals surface area contributed by atoms with E-state index in [1.807, 2.05) is 30.3 Å². The molecule has 0 bridgehead atoms. The van der Waals surface area contributed by atoms with Crippen LogP contribution in [-0.2, 0) is 4.79 Å². The lowest BCUT2D eigenvalue weighted by Gasteiger charge is -2.37. The Hall–Kier alpha value is -3.94. The van der Waals surface area contributed by atoms with Crippen molar-refractivity contribution in [2.24, 2.45) is 5.41 Å². The Morgan fingerprint density at radius 1 is 1.09 bits per heavy atom. The molecule has 0 radical (unpaired) electrons. The number of carbonyl (C=O) groups is 1. The Balaban J connectivity index is 1.61. The minimum Gasteiger partial charge on any atom is -0.442 e. The molecule has 1 atom stereocenters. The van der Waals surface area contributed by atoms with E-state index < -0.39 is 0 Å². The van der Waals surface area contributed by atoms with Gasteiger partial charge in [0.15, 0.2) is 11.4 Å². The zero-order valence-corrected chi connectivity index (χ0v) is 17.7. The van der Waals surface area contributed by atoms with E-state index in [-0.39, 0.29) is 17.1 Å². The van der Waals surface area contributed by atoms with Gasteiger partial charge in [-0.15, -0.1) is 5.10 Å². The second-order valence-electron chi connectivity index (χ2n) is 8.98. The summed E-state index contributed by atoms with van der Waals surface area (Å²) in [5.41, 5.74) is 3.38. The zero-order chi connectivity index (χ0) is 21.9. The molecule has 8 heteroatoms. The van der Waals surface area contributed by atoms with E-state index in [9.17, 15) is 4.79 Å². The fourth-order valence-corrected chi connectivity index (χ4v) is 4.63. The standard InChI is InChI=1S/C24H20N6O2/c1-24(2)10-16(31)19-17(11-24)32-23-20(18(19)14-6-5-8-25-12-14)22-28-21(29-30(22)13-27-23)15-7-3-4-9-26-15/h3-9,12-13,18H,10-11H2,1-2H3/t18-/m0/s1. The number of allylic oxidation sites excluding steroid dienone is 2. The number of ketones is 1. The maximum atomic E-state index is 13.4. The molecule has 32 heavy (non-hydrogen) atoms. The Bertz CT molecular complexity index is 1390. The lowest BCUT2D eigenvalue weighted by Crippen LogP contribution is -2.33. The summed E-state index contributed by atoms with van der Waals surface area (Å²) in [5.74, 6) is 1.34. The second kappa shape index (κ2) is 6.78. The number of hydrogen-bond acceptors (Lipinski definition) is 7. The molecule has 0 N–H and O–H groups in total. The first-order chi connectivity index (χ1) is 15.5. The summed E-state index contributed by atoms with van der Waals surface area (Å²) in [7, 11) is 0. The molecule has 0 fully saturated rings. The molecular weight excluding hydrogens is 404 g/mol. The molecule has 0 spiro atoms. The number of rotatable bonds is 2. The van der Waals surface area contributed by atoms with Crippen LogP contribution in [0.2, 0.25) is 0 Å². The summed E-state index contributed by atoms with van der Waals surface area (Å²) in [6.45, 7) is 4.17. The number of fused-ring (bicyclic) bond motifs is 3. The minimum atomic E-state index is -0.372. The number of ether oxygens (including phenoxy) is 1. The summed E-state index contributed by atoms with van der Waals surface area (Å²) in [6.07, 6.45) is 7.94. The first-order valence-electron chi connectivity index (χ1n) is 10.5. The van der Waals surface area contributed by atoms with E-state index in [4.69, 9.17) is 9.72 Å². The Morgan fingerprint density at radius 3 is 2.78 bits per heavy atom. The van der Waals surface area contributed by atoms with Crippen LogP contribution in [0.25, 0.3) is 17.2 Å². The summed E-state index contributed by atoms with van der Waals surface area (Å²) in [6, 6.07) is 9.45. The normalized spacial score (nSPS) is 19.4. The molecule has 1 aliphatic heterocycles. The predicted molar refractivity (Wildman–Crippen MR) is 116 cm³/mol. The van der Waals surface area contributed by atoms with Crippen LogP contribution >= 0.6 is 0 Å². The number of pyridine rings is 2. The van der Waals surface area contributed by atoms with Crippen LogP contribution in [0.1, 0.15) is 43.7 Å². The smallest absolute Gasteiger partial charge is 0.228 e. The van der Waals surface area contributed by atoms with Crippen molar-refractivity contribution in [2.45, 2.75) is 32.6 Å². The van der Waals surface area contributed by atoms with Crippen molar-refractivity contribution < 1.29 is 9.53 Å². The number of aromatic nitrogens is 6. The van der Waals surface area contributed by atoms with Gasteiger partial charge < -0.3 is 4.74 Å². The molecular formula is C24H20N6O2. The molecule has 8 nitrogen and oxygen atoms in total. The first-order valence-corrected chi connectivity index (χ1v) is 10.5. The highest BCUT2D eigenvalue weighted by Crippen LogP contribution is 2.50. The molecule has 4 aromatic rings. The van der Waals surface area contributed by atoms with E-state index in [0.717, 1.165) is 11.1 Å². The summed E-state index contributed by atoms with van der Waals surface area (Å²) < 4.78 is 7.87. The number of hydrogen-bond donors (Lipinski definition) is 0. The van der Waals surface area contributed by atoms with Crippen LogP contribution in [0.4, 0.5) is 0 Å². The van der Waals surface area contributed by atoms with Crippen molar-refractivity contribution in [3.8, 4) is 17.4 Å². The molecule has 0 aromatic carbocycles. The topological polar surface area (TPSA) is 95.2 Å². The van der Waals surface area contributed by atoms with Crippen LogP contribution in [0.3, 0.4) is 0 Å². The van der Waals surface area contributed by atoms with Crippen LogP contribution in [0.15, 0.2) is 66.6 Å². The summed E-state index contributed by atoms with van der Waals surface area (Å²) in [5, 5.41) is 4.57. The van der Waals surface area contributed by atoms with Crippen LogP contribution in [0, 0.1) is 5.41 Å². The molecule has 4 aromatic heterocycles. The largest absolute Gasteiger partial charge is 0.442 e. The van der Waals surface area contributed by atoms with E-state index in [1.54, 1.807) is 29.4 Å². The molecule has 6 rings (SSSR count). The van der Waals surface area contributed by atoms with Gasteiger partial charge in [-0.25, -0.2) is 14.5 Å². The lowest BCUT2D eigenvalue weighted by atomic mass is 9.70. The van der Waals surface area contributed by atoms with E-state index >= 15 is 0 Å². The third-order valence-corrected chi connectivity index (χ3v) is 5.97. The van der Waals surface area contributed by atoms with Crippen molar-refractivity contribution in [1.82, 2.24) is 29.5 Å². The second-order valence-corrected chi connectivity index (χ2v) is 8.98. The van der Waals surface area contributed by atoms with Gasteiger partial charge >= 0.3 is 0 Å². The van der Waals surface area contributed by atoms with E-state index in [2.05, 4.69) is 33.9 Å². The number of carbonyl (C=O) groups excluding carboxylic acids is 1. The van der Waals surface area contributed by atoms with Gasteiger partial charge in [0.1, 0.15) is 17.8 Å². The van der Waals surface area contributed by atoms with Crippen molar-refractivity contribution >= 4 is 11.4 Å². The van der Waals surface area contributed by atoms with Crippen molar-refractivity contribution in [1.29, 1.82) is 0 Å². The monoisotopic (exact) mass is 424 g/mol. The fourth-order valence-electron chi connectivity index (χ4n) is 4.63. The van der Waals surface area contributed by atoms with Gasteiger partial charge in [0, 0.05) is 37.0 Å². The molecule has 0 saturated heterocycles. The van der Waals surface area contributed by atoms with Gasteiger partial charge in [-0.1, -0.05) is 26.0 Å². The van der Waals surface area contributed by atoms with Gasteiger partial charge in [-0.2, -0.15) is 0 Å². The van der Waals surface area contributed by atoms with Crippen LogP contribution < -0.4 is 4.74 Å². The molecule has 2 aliphatic rings. The van der Waals surface area contributed by atoms with Gasteiger partial charge in [0.25, 0.3) is 0 Å². The predicted octanol–water partition coefficient (Wildman–Crippen LogP) is 3.75. The maximum absolute atomic E-state index is 13.4. The Kier molecular flexibility index (Phi) is 3.98. The average molecular weight is 424 g/mol. The quantitative estimate of drug-likeness (QED) is 0.484. The Morgan fingerprint density at radius 2 is 2.00 bits per heavy atom. The Labute approximate surface area is 184 Å². The highest BCUT2D eigenvalue weighted by molar-refractivity contribution is 6.00. The SMILES string of the molecule is CC1(C)CC(=O)C2=C(C1)Oc1ncn3nc(-c4ccccn4)nc3c1[C@H]2c1cccnc1. The average Bonchev–Trinajstić information content (AvgIpc) is 3.23. The van der Waals surface area contributed by atoms with Crippen molar-refractivity contribution in [2.75, 3.05) is 0 Å². The van der Waals surface area contributed by atoms with Gasteiger partial charge in [0.2, 0.25) is 11.7 Å². The van der Waals surface area contributed by atoms with Crippen molar-refractivity contribution in [3.63, 3.8) is 0 Å². The third kappa shape index (κ3) is 2.90. The number of Topliss-reactive ketones (excluding diaryl/α,β-unsaturated/α-hetero) is 1. The van der Waals surface area contributed by atoms with Crippen LogP contribution in [0.5, 0.6) is 5.88 Å². The van der Waals surface area contributed by atoms with Crippen LogP contribution in [-0.4, -0.2) is 35.3 Å². The zero-order valence-electron chi connectivity index (χ0n) is 17.7. The maximum Gasteiger partial charge on any atom is 0.228 e. The minimum absolute atomic E-state index is 0.0854. The highest BCUT2D eigenvalue weighted by atomic mass is 16.5. The summed E-state index contributed by atoms with van der Waals surface area (Å²) in [4.78, 5) is 31.4. The van der Waals surface area contributed by atoms with Gasteiger partial charge in [-0.05, 0) is 29.2 Å².